The van der Waals surface area contributed by atoms with Crippen LogP contribution in [0.5, 0.6) is 0 Å². The van der Waals surface area contributed by atoms with Gasteiger partial charge in [-0.1, -0.05) is 41.4 Å². The van der Waals surface area contributed by atoms with Gasteiger partial charge in [0.1, 0.15) is 0 Å². The zero-order valence-electron chi connectivity index (χ0n) is 12.4. The van der Waals surface area contributed by atoms with Gasteiger partial charge in [-0.3, -0.25) is 0 Å². The third kappa shape index (κ3) is 4.63. The van der Waals surface area contributed by atoms with E-state index in [1.54, 1.807) is 18.2 Å². The fourth-order valence-electron chi connectivity index (χ4n) is 2.54. The molecule has 2 rings (SSSR count). The van der Waals surface area contributed by atoms with Crippen LogP contribution in [0.25, 0.3) is 0 Å². The number of aliphatic hydroxyl groups excluding tert-OH is 1. The maximum absolute atomic E-state index is 12.0. The first-order valence-electron chi connectivity index (χ1n) is 7.28. The first-order valence-corrected chi connectivity index (χ1v) is 8.04. The van der Waals surface area contributed by atoms with Crippen LogP contribution < -0.4 is 10.6 Å². The minimum absolute atomic E-state index is 0.0340. The molecule has 22 heavy (non-hydrogen) atoms. The van der Waals surface area contributed by atoms with Crippen LogP contribution in [0.3, 0.4) is 0 Å². The van der Waals surface area contributed by atoms with Crippen LogP contribution in [0, 0.1) is 5.92 Å². The van der Waals surface area contributed by atoms with Crippen LogP contribution in [0.15, 0.2) is 30.4 Å². The number of hydrogen-bond acceptors (Lipinski definition) is 2. The van der Waals surface area contributed by atoms with Crippen molar-refractivity contribution in [2.24, 2.45) is 5.92 Å². The van der Waals surface area contributed by atoms with Crippen LogP contribution >= 0.6 is 23.2 Å². The summed E-state index contributed by atoms with van der Waals surface area (Å²) in [4.78, 5) is 12.0. The van der Waals surface area contributed by atoms with Gasteiger partial charge in [-0.05, 0) is 37.5 Å². The van der Waals surface area contributed by atoms with Gasteiger partial charge in [0.05, 0.1) is 0 Å². The number of nitrogens with one attached hydrogen (secondary N) is 2. The number of halogens is 2. The van der Waals surface area contributed by atoms with Crippen molar-refractivity contribution >= 4 is 29.2 Å². The lowest BCUT2D eigenvalue weighted by molar-refractivity contribution is 0.229. The summed E-state index contributed by atoms with van der Waals surface area (Å²) in [5.74, 6) is 0.129. The van der Waals surface area contributed by atoms with Gasteiger partial charge >= 0.3 is 6.03 Å². The molecule has 0 bridgehead atoms. The quantitative estimate of drug-likeness (QED) is 0.719. The van der Waals surface area contributed by atoms with Gasteiger partial charge in [0.15, 0.2) is 0 Å². The number of rotatable bonds is 5. The number of carbonyl (C=O) groups excluding carboxylic acids is 1. The van der Waals surface area contributed by atoms with Crippen molar-refractivity contribution in [2.45, 2.75) is 31.8 Å². The number of amides is 2. The fraction of sp³-hybridized carbons (Fsp3) is 0.438. The molecule has 1 aliphatic rings. The van der Waals surface area contributed by atoms with E-state index in [2.05, 4.69) is 10.6 Å². The fourth-order valence-corrected chi connectivity index (χ4v) is 3.09. The monoisotopic (exact) mass is 342 g/mol. The van der Waals surface area contributed by atoms with E-state index in [0.717, 1.165) is 12.0 Å². The molecule has 4 nitrogen and oxygen atoms in total. The molecule has 0 radical (unpaired) electrons. The Morgan fingerprint density at radius 3 is 2.64 bits per heavy atom. The van der Waals surface area contributed by atoms with E-state index in [1.807, 2.05) is 19.1 Å². The first kappa shape index (κ1) is 17.1. The largest absolute Gasteiger partial charge is 0.396 e. The molecule has 120 valence electrons. The molecule has 1 aromatic rings. The topological polar surface area (TPSA) is 61.4 Å². The van der Waals surface area contributed by atoms with E-state index in [4.69, 9.17) is 28.3 Å². The molecule has 0 spiro atoms. The molecule has 0 fully saturated rings. The predicted octanol–water partition coefficient (Wildman–Crippen LogP) is 3.16. The van der Waals surface area contributed by atoms with Crippen LogP contribution in [0.1, 0.15) is 18.9 Å². The van der Waals surface area contributed by atoms with Gasteiger partial charge in [0, 0.05) is 34.7 Å². The van der Waals surface area contributed by atoms with Gasteiger partial charge in [-0.15, -0.1) is 0 Å². The van der Waals surface area contributed by atoms with Crippen LogP contribution in [-0.2, 0) is 6.42 Å². The lowest BCUT2D eigenvalue weighted by atomic mass is 10.1. The Kier molecular flexibility index (Phi) is 6.12. The van der Waals surface area contributed by atoms with Crippen molar-refractivity contribution in [3.63, 3.8) is 0 Å². The number of aliphatic hydroxyl groups is 1. The van der Waals surface area contributed by atoms with Crippen molar-refractivity contribution in [1.29, 1.82) is 0 Å². The van der Waals surface area contributed by atoms with E-state index in [0.29, 0.717) is 16.5 Å². The molecule has 1 unspecified atom stereocenters. The van der Waals surface area contributed by atoms with Gasteiger partial charge < -0.3 is 15.7 Å². The van der Waals surface area contributed by atoms with Crippen molar-refractivity contribution in [3.8, 4) is 0 Å². The van der Waals surface area contributed by atoms with Crippen molar-refractivity contribution in [3.05, 3.63) is 46.0 Å². The normalized spacial score (nSPS) is 21.6. The van der Waals surface area contributed by atoms with Crippen LogP contribution in [0.4, 0.5) is 4.79 Å². The average Bonchev–Trinajstić information content (AvgIpc) is 2.90. The molecule has 2 amide bonds. The molecule has 3 N–H and O–H groups in total. The third-order valence-electron chi connectivity index (χ3n) is 3.67. The van der Waals surface area contributed by atoms with Crippen molar-refractivity contribution in [2.75, 3.05) is 6.61 Å². The number of urea groups is 1. The van der Waals surface area contributed by atoms with E-state index in [-0.39, 0.29) is 30.6 Å². The Hall–Kier alpha value is -1.23. The van der Waals surface area contributed by atoms with Gasteiger partial charge in [-0.2, -0.15) is 0 Å². The average molecular weight is 343 g/mol. The minimum atomic E-state index is -0.232. The van der Waals surface area contributed by atoms with Crippen LogP contribution in [0.2, 0.25) is 10.0 Å². The molecule has 0 saturated heterocycles. The lowest BCUT2D eigenvalue weighted by Gasteiger charge is -2.18. The standard InChI is InChI=1S/C16H20Cl2N2O2/c1-10(7-13-14(17)3-2-4-15(13)18)19-16(22)20-12-6-5-11(8-12)9-21/h2-6,10-12,21H,7-9H2,1H3,(H2,19,20,22)/t10?,11-,12+/m0/s1. The molecule has 1 aromatic carbocycles. The Bertz CT molecular complexity index is 543. The van der Waals surface area contributed by atoms with Gasteiger partial charge in [0.2, 0.25) is 0 Å². The van der Waals surface area contributed by atoms with Gasteiger partial charge in [0.25, 0.3) is 0 Å². The molecular formula is C16H20Cl2N2O2. The van der Waals surface area contributed by atoms with Crippen molar-refractivity contribution < 1.29 is 9.90 Å². The number of benzene rings is 1. The Morgan fingerprint density at radius 2 is 2.05 bits per heavy atom. The summed E-state index contributed by atoms with van der Waals surface area (Å²) in [6.45, 7) is 2.01. The zero-order valence-corrected chi connectivity index (χ0v) is 13.9. The smallest absolute Gasteiger partial charge is 0.315 e. The second-order valence-electron chi connectivity index (χ2n) is 5.59. The van der Waals surface area contributed by atoms with E-state index >= 15 is 0 Å². The SMILES string of the molecule is CC(Cc1c(Cl)cccc1Cl)NC(=O)N[C@@H]1C=C[C@H](CO)C1. The Balaban J connectivity index is 1.83. The zero-order chi connectivity index (χ0) is 16.1. The molecule has 1 aliphatic carbocycles. The third-order valence-corrected chi connectivity index (χ3v) is 4.38. The Labute approximate surface area is 140 Å². The summed E-state index contributed by atoms with van der Waals surface area (Å²) in [7, 11) is 0. The predicted molar refractivity (Wildman–Crippen MR) is 89.4 cm³/mol. The maximum atomic E-state index is 12.0. The second-order valence-corrected chi connectivity index (χ2v) is 6.41. The number of hydrogen-bond donors (Lipinski definition) is 3. The summed E-state index contributed by atoms with van der Waals surface area (Å²) < 4.78 is 0. The molecule has 3 atom stereocenters. The van der Waals surface area contributed by atoms with Crippen LogP contribution in [-0.4, -0.2) is 29.8 Å². The van der Waals surface area contributed by atoms with Gasteiger partial charge in [-0.25, -0.2) is 4.79 Å². The van der Waals surface area contributed by atoms with E-state index < -0.39 is 0 Å². The Morgan fingerprint density at radius 1 is 1.36 bits per heavy atom. The maximum Gasteiger partial charge on any atom is 0.315 e. The second kappa shape index (κ2) is 7.86. The summed E-state index contributed by atoms with van der Waals surface area (Å²) in [5, 5.41) is 16.0. The highest BCUT2D eigenvalue weighted by molar-refractivity contribution is 6.36. The minimum Gasteiger partial charge on any atom is -0.396 e. The van der Waals surface area contributed by atoms with E-state index in [9.17, 15) is 4.79 Å². The molecule has 0 aliphatic heterocycles. The molecule has 6 heteroatoms. The number of carbonyl (C=O) groups is 1. The summed E-state index contributed by atoms with van der Waals surface area (Å²) in [6, 6.07) is 5.00. The lowest BCUT2D eigenvalue weighted by Crippen LogP contribution is -2.45. The first-order chi connectivity index (χ1) is 10.5. The van der Waals surface area contributed by atoms with Crippen molar-refractivity contribution in [1.82, 2.24) is 10.6 Å². The highest BCUT2D eigenvalue weighted by Crippen LogP contribution is 2.25. The summed E-state index contributed by atoms with van der Waals surface area (Å²) in [5.41, 5.74) is 0.833. The molecule has 0 aromatic heterocycles. The summed E-state index contributed by atoms with van der Waals surface area (Å²) in [6.07, 6.45) is 5.13. The molecule has 0 heterocycles. The molecular weight excluding hydrogens is 323 g/mol. The highest BCUT2D eigenvalue weighted by Gasteiger charge is 2.20. The molecule has 0 saturated carbocycles. The summed E-state index contributed by atoms with van der Waals surface area (Å²) >= 11 is 12.3. The highest BCUT2D eigenvalue weighted by atomic mass is 35.5. The van der Waals surface area contributed by atoms with E-state index in [1.165, 1.54) is 0 Å².